The standard InChI is InChI=1S/C44H65N11O19/c1-4-20(2)35(55-38(67)27(14-23-15-46-19-47-23)50-42(71)34(45)21(3)59)43(72)49-26(10-12-33(63)64)36(65)48-25(9-11-32(61)62)37(66)52-30(17-57)40(69)54-31(18-58)41(70)53-29(16-56)39(68)51-28(44(73)74)13-22-5-7-24(60)8-6-22/h5-8,15,19-21,25-31,34-35,56-60H,4,9-14,16-18,45H2,1-3H3,(H,46,47)(H,48,65)(H,49,72)(H,50,71)(H,51,68)(H,52,66)(H,53,70)(H,54,69)(H,55,67)(H,61,62)(H,63,64)(H,73,74)/t20-,21+,25-,26-,27-,28-,29-,30-,31-,34-,35-/m0/s1. The van der Waals surface area contributed by atoms with E-state index in [2.05, 4.69) is 41.9 Å². The van der Waals surface area contributed by atoms with E-state index in [9.17, 15) is 93.6 Å². The molecule has 0 aliphatic heterocycles. The summed E-state index contributed by atoms with van der Waals surface area (Å²) in [5.74, 6) is -14.6. The molecule has 2 rings (SSSR count). The fourth-order valence-corrected chi connectivity index (χ4v) is 6.61. The average molecular weight is 1050 g/mol. The highest BCUT2D eigenvalue weighted by molar-refractivity contribution is 5.98. The van der Waals surface area contributed by atoms with Crippen LogP contribution in [0.3, 0.4) is 0 Å². The van der Waals surface area contributed by atoms with Crippen molar-refractivity contribution in [3.63, 3.8) is 0 Å². The van der Waals surface area contributed by atoms with Crippen LogP contribution in [0.4, 0.5) is 0 Å². The fourth-order valence-electron chi connectivity index (χ4n) is 6.61. The molecule has 0 unspecified atom stereocenters. The summed E-state index contributed by atoms with van der Waals surface area (Å²) in [4.78, 5) is 149. The Labute approximate surface area is 422 Å². The van der Waals surface area contributed by atoms with Gasteiger partial charge in [-0.1, -0.05) is 32.4 Å². The lowest BCUT2D eigenvalue weighted by molar-refractivity contribution is -0.142. The minimum atomic E-state index is -2.01. The third-order valence-electron chi connectivity index (χ3n) is 11.2. The summed E-state index contributed by atoms with van der Waals surface area (Å²) in [6, 6.07) is -10.1. The van der Waals surface area contributed by atoms with E-state index in [1.165, 1.54) is 43.7 Å². The maximum absolute atomic E-state index is 14.0. The second-order valence-electron chi connectivity index (χ2n) is 17.0. The maximum atomic E-state index is 14.0. The van der Waals surface area contributed by atoms with Crippen molar-refractivity contribution in [1.82, 2.24) is 52.5 Å². The lowest BCUT2D eigenvalue weighted by Gasteiger charge is -2.29. The van der Waals surface area contributed by atoms with Gasteiger partial charge in [0.25, 0.3) is 0 Å². The predicted molar refractivity (Wildman–Crippen MR) is 251 cm³/mol. The Kier molecular flexibility index (Phi) is 26.1. The molecule has 0 fully saturated rings. The Morgan fingerprint density at radius 1 is 0.568 bits per heavy atom. The van der Waals surface area contributed by atoms with Crippen LogP contribution in [-0.4, -0.2) is 196 Å². The number of amides is 8. The quantitative estimate of drug-likeness (QED) is 0.0316. The van der Waals surface area contributed by atoms with Gasteiger partial charge in [-0.2, -0.15) is 0 Å². The molecule has 74 heavy (non-hydrogen) atoms. The van der Waals surface area contributed by atoms with Gasteiger partial charge in [-0.25, -0.2) is 9.78 Å². The monoisotopic (exact) mass is 1050 g/mol. The number of imidazole rings is 1. The molecule has 30 heteroatoms. The number of hydrogen-bond donors (Lipinski definition) is 18. The molecule has 19 N–H and O–H groups in total. The summed E-state index contributed by atoms with van der Waals surface area (Å²) in [5.41, 5.74) is 6.43. The number of nitrogens with zero attached hydrogens (tertiary/aromatic N) is 1. The number of hydrogen-bond acceptors (Lipinski definition) is 18. The van der Waals surface area contributed by atoms with Gasteiger partial charge in [0, 0.05) is 31.9 Å². The number of aliphatic carboxylic acids is 3. The SMILES string of the molecule is CC[C@H](C)[C@H](NC(=O)[C@H](Cc1c[nH]cn1)NC(=O)[C@@H](N)[C@@H](C)O)C(=O)N[C@@H](CCC(=O)O)C(=O)N[C@@H](CCC(=O)O)C(=O)N[C@@H](CO)C(=O)N[C@@H](CO)C(=O)N[C@@H](CO)C(=O)N[C@@H](Cc1ccc(O)cc1)C(=O)O. The van der Waals surface area contributed by atoms with E-state index in [1.807, 2.05) is 10.6 Å². The Morgan fingerprint density at radius 2 is 0.973 bits per heavy atom. The van der Waals surface area contributed by atoms with E-state index in [-0.39, 0.29) is 25.0 Å². The number of aliphatic hydroxyl groups excluding tert-OH is 4. The first-order valence-corrected chi connectivity index (χ1v) is 23.0. The molecule has 30 nitrogen and oxygen atoms in total. The first kappa shape index (κ1) is 62.3. The topological polar surface area (TPSA) is 501 Å². The molecule has 0 bridgehead atoms. The van der Waals surface area contributed by atoms with Gasteiger partial charge in [0.15, 0.2) is 0 Å². The summed E-state index contributed by atoms with van der Waals surface area (Å²) < 4.78 is 0. The molecule has 0 spiro atoms. The van der Waals surface area contributed by atoms with Gasteiger partial charge < -0.3 is 94.1 Å². The van der Waals surface area contributed by atoms with Gasteiger partial charge in [-0.3, -0.25) is 47.9 Å². The molecule has 2 aromatic rings. The van der Waals surface area contributed by atoms with Crippen LogP contribution >= 0.6 is 0 Å². The molecule has 8 amide bonds. The summed E-state index contributed by atoms with van der Waals surface area (Å²) in [7, 11) is 0. The number of aromatic nitrogens is 2. The number of rotatable bonds is 33. The summed E-state index contributed by atoms with van der Waals surface area (Å²) >= 11 is 0. The number of carboxylic acid groups (broad SMARTS) is 3. The molecule has 1 aromatic carbocycles. The lowest BCUT2D eigenvalue weighted by Crippen LogP contribution is -2.62. The number of nitrogens with one attached hydrogen (secondary N) is 9. The van der Waals surface area contributed by atoms with E-state index in [0.717, 1.165) is 0 Å². The number of nitrogens with two attached hydrogens (primary N) is 1. The van der Waals surface area contributed by atoms with Crippen molar-refractivity contribution >= 4 is 65.2 Å². The predicted octanol–water partition coefficient (Wildman–Crippen LogP) is -6.68. The minimum absolute atomic E-state index is 0.112. The largest absolute Gasteiger partial charge is 0.508 e. The number of phenols is 1. The van der Waals surface area contributed by atoms with Crippen molar-refractivity contribution in [3.8, 4) is 5.75 Å². The molecule has 0 radical (unpaired) electrons. The zero-order valence-corrected chi connectivity index (χ0v) is 40.5. The molecule has 0 saturated carbocycles. The van der Waals surface area contributed by atoms with Crippen LogP contribution in [0.15, 0.2) is 36.8 Å². The molecule has 1 aromatic heterocycles. The van der Waals surface area contributed by atoms with Gasteiger partial charge in [0.2, 0.25) is 47.3 Å². The van der Waals surface area contributed by atoms with Crippen molar-refractivity contribution in [2.75, 3.05) is 19.8 Å². The zero-order chi connectivity index (χ0) is 55.8. The number of carbonyl (C=O) groups excluding carboxylic acids is 8. The van der Waals surface area contributed by atoms with Crippen molar-refractivity contribution in [3.05, 3.63) is 48.0 Å². The summed E-state index contributed by atoms with van der Waals surface area (Å²) in [6.07, 6.45) is -1.79. The van der Waals surface area contributed by atoms with E-state index in [4.69, 9.17) is 5.73 Å². The number of aromatic amines is 1. The molecule has 0 aliphatic carbocycles. The number of carboxylic acids is 3. The van der Waals surface area contributed by atoms with Crippen LogP contribution < -0.4 is 48.3 Å². The molecular formula is C44H65N11O19. The Hall–Kier alpha value is -7.80. The van der Waals surface area contributed by atoms with Gasteiger partial charge >= 0.3 is 17.9 Å². The number of carbonyl (C=O) groups is 11. The maximum Gasteiger partial charge on any atom is 0.326 e. The number of benzene rings is 1. The normalized spacial score (nSPS) is 15.5. The third kappa shape index (κ3) is 20.7. The van der Waals surface area contributed by atoms with Crippen LogP contribution in [0.5, 0.6) is 5.75 Å². The fraction of sp³-hybridized carbons (Fsp3) is 0.545. The minimum Gasteiger partial charge on any atom is -0.508 e. The van der Waals surface area contributed by atoms with Crippen molar-refractivity contribution in [1.29, 1.82) is 0 Å². The Bertz CT molecular complexity index is 2250. The Morgan fingerprint density at radius 3 is 1.36 bits per heavy atom. The second kappa shape index (κ2) is 30.9. The lowest BCUT2D eigenvalue weighted by atomic mass is 9.96. The van der Waals surface area contributed by atoms with Crippen LogP contribution in [0, 0.1) is 5.92 Å². The van der Waals surface area contributed by atoms with Crippen LogP contribution in [0.1, 0.15) is 64.1 Å². The van der Waals surface area contributed by atoms with E-state index in [1.54, 1.807) is 13.8 Å². The van der Waals surface area contributed by atoms with Crippen LogP contribution in [0.2, 0.25) is 0 Å². The van der Waals surface area contributed by atoms with Crippen LogP contribution in [0.25, 0.3) is 0 Å². The zero-order valence-electron chi connectivity index (χ0n) is 40.5. The highest BCUT2D eigenvalue weighted by Crippen LogP contribution is 2.14. The molecule has 410 valence electrons. The molecule has 1 heterocycles. The molecular weight excluding hydrogens is 987 g/mol. The van der Waals surface area contributed by atoms with E-state index in [0.29, 0.717) is 11.3 Å². The molecule has 0 aliphatic rings. The van der Waals surface area contributed by atoms with Gasteiger partial charge in [-0.15, -0.1) is 0 Å². The Balaban J connectivity index is 2.29. The summed E-state index contributed by atoms with van der Waals surface area (Å²) in [6.45, 7) is 0.914. The summed E-state index contributed by atoms with van der Waals surface area (Å²) in [5, 5.41) is 95.5. The molecule has 11 atom stereocenters. The first-order chi connectivity index (χ1) is 34.8. The molecule has 0 saturated heterocycles. The number of phenolic OH excluding ortho intramolecular Hbond substituents is 1. The second-order valence-corrected chi connectivity index (χ2v) is 17.0. The van der Waals surface area contributed by atoms with Crippen molar-refractivity contribution < 1.29 is 93.6 Å². The van der Waals surface area contributed by atoms with Gasteiger partial charge in [0.05, 0.1) is 37.9 Å². The van der Waals surface area contributed by atoms with Crippen molar-refractivity contribution in [2.24, 2.45) is 11.7 Å². The smallest absolute Gasteiger partial charge is 0.326 e. The first-order valence-electron chi connectivity index (χ1n) is 23.0. The number of aliphatic hydroxyl groups is 4. The number of H-pyrrole nitrogens is 1. The highest BCUT2D eigenvalue weighted by atomic mass is 16.4. The van der Waals surface area contributed by atoms with Crippen molar-refractivity contribution in [2.45, 2.75) is 126 Å². The van der Waals surface area contributed by atoms with E-state index >= 15 is 0 Å². The number of aromatic hydroxyl groups is 1. The average Bonchev–Trinajstić information content (AvgIpc) is 3.87. The van der Waals surface area contributed by atoms with E-state index < -0.39 is 177 Å². The highest BCUT2D eigenvalue weighted by Gasteiger charge is 2.36. The van der Waals surface area contributed by atoms with Crippen LogP contribution in [-0.2, 0) is 65.6 Å². The van der Waals surface area contributed by atoms with Gasteiger partial charge in [0.1, 0.15) is 60.1 Å². The van der Waals surface area contributed by atoms with Gasteiger partial charge in [-0.05, 0) is 43.4 Å². The third-order valence-corrected chi connectivity index (χ3v) is 11.2.